The summed E-state index contributed by atoms with van der Waals surface area (Å²) in [6.07, 6.45) is 1.75. The highest BCUT2D eigenvalue weighted by molar-refractivity contribution is 8.00. The fraction of sp³-hybridized carbons (Fsp3) is 0.471. The number of thioether (sulfide) groups is 1. The molecule has 1 fully saturated rings. The zero-order valence-electron chi connectivity index (χ0n) is 12.0. The zero-order chi connectivity index (χ0) is 14.0. The van der Waals surface area contributed by atoms with Crippen molar-refractivity contribution in [1.29, 1.82) is 0 Å². The van der Waals surface area contributed by atoms with E-state index in [-0.39, 0.29) is 5.92 Å². The highest BCUT2D eigenvalue weighted by Crippen LogP contribution is 2.40. The van der Waals surface area contributed by atoms with Gasteiger partial charge in [0.05, 0.1) is 0 Å². The van der Waals surface area contributed by atoms with E-state index in [1.54, 1.807) is 0 Å². The summed E-state index contributed by atoms with van der Waals surface area (Å²) in [5.41, 5.74) is 2.42. The molecule has 3 atom stereocenters. The van der Waals surface area contributed by atoms with Crippen molar-refractivity contribution in [2.75, 3.05) is 0 Å². The standard InChI is InChI=1S/C17H22OS/c1-11(2)14-9-16(18)13(4)17(10-14)19-15-7-5-12(3)6-8-15/h5-8,13-14,17H,1,9-10H2,2-4H3/t13-,14-,17-/m0/s1. The minimum atomic E-state index is 0.155. The van der Waals surface area contributed by atoms with Crippen LogP contribution in [-0.2, 0) is 4.79 Å². The van der Waals surface area contributed by atoms with Crippen LogP contribution in [0.15, 0.2) is 41.3 Å². The normalized spacial score (nSPS) is 27.3. The summed E-state index contributed by atoms with van der Waals surface area (Å²) in [5.74, 6) is 0.914. The van der Waals surface area contributed by atoms with E-state index in [2.05, 4.69) is 44.7 Å². The van der Waals surface area contributed by atoms with Crippen molar-refractivity contribution in [3.63, 3.8) is 0 Å². The average molecular weight is 274 g/mol. The molecular formula is C17H22OS. The van der Waals surface area contributed by atoms with Crippen LogP contribution in [0.3, 0.4) is 0 Å². The molecule has 1 aromatic carbocycles. The fourth-order valence-electron chi connectivity index (χ4n) is 2.52. The lowest BCUT2D eigenvalue weighted by Crippen LogP contribution is -2.33. The maximum Gasteiger partial charge on any atom is 0.137 e. The van der Waals surface area contributed by atoms with Crippen molar-refractivity contribution in [3.8, 4) is 0 Å². The first-order chi connectivity index (χ1) is 8.97. The Morgan fingerprint density at radius 1 is 1.32 bits per heavy atom. The number of ketones is 1. The number of carbonyl (C=O) groups is 1. The molecule has 0 spiro atoms. The van der Waals surface area contributed by atoms with E-state index in [9.17, 15) is 4.79 Å². The second kappa shape index (κ2) is 5.96. The summed E-state index contributed by atoms with van der Waals surface area (Å²) in [6.45, 7) is 10.2. The molecule has 102 valence electrons. The van der Waals surface area contributed by atoms with Crippen LogP contribution >= 0.6 is 11.8 Å². The van der Waals surface area contributed by atoms with Gasteiger partial charge in [-0.3, -0.25) is 4.79 Å². The smallest absolute Gasteiger partial charge is 0.137 e. The fourth-order valence-corrected chi connectivity index (χ4v) is 3.85. The molecule has 0 bridgehead atoms. The zero-order valence-corrected chi connectivity index (χ0v) is 12.8. The van der Waals surface area contributed by atoms with Crippen molar-refractivity contribution in [2.24, 2.45) is 11.8 Å². The quantitative estimate of drug-likeness (QED) is 0.746. The van der Waals surface area contributed by atoms with Gasteiger partial charge in [0, 0.05) is 22.5 Å². The van der Waals surface area contributed by atoms with E-state index in [1.807, 2.05) is 18.7 Å². The van der Waals surface area contributed by atoms with E-state index < -0.39 is 0 Å². The number of allylic oxidation sites excluding steroid dienone is 1. The molecule has 0 heterocycles. The molecule has 0 amide bonds. The highest BCUT2D eigenvalue weighted by atomic mass is 32.2. The Balaban J connectivity index is 2.10. The van der Waals surface area contributed by atoms with Gasteiger partial charge >= 0.3 is 0 Å². The van der Waals surface area contributed by atoms with Gasteiger partial charge in [-0.05, 0) is 38.3 Å². The third-order valence-corrected chi connectivity index (χ3v) is 5.48. The van der Waals surface area contributed by atoms with Crippen molar-refractivity contribution in [2.45, 2.75) is 43.8 Å². The monoisotopic (exact) mass is 274 g/mol. The minimum Gasteiger partial charge on any atom is -0.299 e. The van der Waals surface area contributed by atoms with Crippen molar-refractivity contribution < 1.29 is 4.79 Å². The van der Waals surface area contributed by atoms with E-state index in [1.165, 1.54) is 10.5 Å². The Bertz CT molecular complexity index is 475. The summed E-state index contributed by atoms with van der Waals surface area (Å²) in [7, 11) is 0. The lowest BCUT2D eigenvalue weighted by atomic mass is 9.79. The average Bonchev–Trinajstić information content (AvgIpc) is 2.37. The minimum absolute atomic E-state index is 0.155. The molecule has 0 N–H and O–H groups in total. The molecular weight excluding hydrogens is 252 g/mol. The molecule has 0 aromatic heterocycles. The van der Waals surface area contributed by atoms with Gasteiger partial charge in [0.25, 0.3) is 0 Å². The Morgan fingerprint density at radius 2 is 1.95 bits per heavy atom. The van der Waals surface area contributed by atoms with Gasteiger partial charge in [-0.15, -0.1) is 11.8 Å². The predicted octanol–water partition coefficient (Wildman–Crippen LogP) is 4.65. The summed E-state index contributed by atoms with van der Waals surface area (Å²) in [4.78, 5) is 13.4. The number of aryl methyl sites for hydroxylation is 1. The Hall–Kier alpha value is -1.02. The molecule has 0 unspecified atom stereocenters. The molecule has 0 aliphatic heterocycles. The first-order valence-electron chi connectivity index (χ1n) is 6.89. The van der Waals surface area contributed by atoms with Gasteiger partial charge in [-0.25, -0.2) is 0 Å². The Labute approximate surface area is 120 Å². The molecule has 19 heavy (non-hydrogen) atoms. The van der Waals surface area contributed by atoms with Crippen molar-refractivity contribution in [1.82, 2.24) is 0 Å². The first kappa shape index (κ1) is 14.4. The number of hydrogen-bond donors (Lipinski definition) is 0. The molecule has 1 saturated carbocycles. The van der Waals surface area contributed by atoms with Gasteiger partial charge < -0.3 is 0 Å². The second-order valence-electron chi connectivity index (χ2n) is 5.71. The van der Waals surface area contributed by atoms with E-state index in [0.29, 0.717) is 23.4 Å². The summed E-state index contributed by atoms with van der Waals surface area (Å²) in [5, 5.41) is 0.380. The maximum atomic E-state index is 12.1. The molecule has 0 radical (unpaired) electrons. The maximum absolute atomic E-state index is 12.1. The topological polar surface area (TPSA) is 17.1 Å². The highest BCUT2D eigenvalue weighted by Gasteiger charge is 2.34. The van der Waals surface area contributed by atoms with Gasteiger partial charge in [0.15, 0.2) is 0 Å². The Kier molecular flexibility index (Phi) is 4.51. The largest absolute Gasteiger partial charge is 0.299 e. The van der Waals surface area contributed by atoms with Gasteiger partial charge in [-0.2, -0.15) is 0 Å². The first-order valence-corrected chi connectivity index (χ1v) is 7.76. The second-order valence-corrected chi connectivity index (χ2v) is 7.02. The number of rotatable bonds is 3. The van der Waals surface area contributed by atoms with Gasteiger partial charge in [0.2, 0.25) is 0 Å². The molecule has 1 aliphatic carbocycles. The summed E-state index contributed by atoms with van der Waals surface area (Å²) < 4.78 is 0. The number of hydrogen-bond acceptors (Lipinski definition) is 2. The van der Waals surface area contributed by atoms with E-state index >= 15 is 0 Å². The van der Waals surface area contributed by atoms with Crippen LogP contribution in [0.5, 0.6) is 0 Å². The lowest BCUT2D eigenvalue weighted by Gasteiger charge is -2.33. The molecule has 0 saturated heterocycles. The van der Waals surface area contributed by atoms with E-state index in [4.69, 9.17) is 0 Å². The molecule has 1 nitrogen and oxygen atoms in total. The number of benzene rings is 1. The molecule has 2 heteroatoms. The van der Waals surface area contributed by atoms with E-state index in [0.717, 1.165) is 12.0 Å². The predicted molar refractivity (Wildman–Crippen MR) is 82.5 cm³/mol. The Morgan fingerprint density at radius 3 is 2.53 bits per heavy atom. The third-order valence-electron chi connectivity index (χ3n) is 4.04. The van der Waals surface area contributed by atoms with Crippen LogP contribution < -0.4 is 0 Å². The van der Waals surface area contributed by atoms with Gasteiger partial charge in [0.1, 0.15) is 5.78 Å². The summed E-state index contributed by atoms with van der Waals surface area (Å²) >= 11 is 1.84. The lowest BCUT2D eigenvalue weighted by molar-refractivity contribution is -0.124. The third kappa shape index (κ3) is 3.50. The van der Waals surface area contributed by atoms with Crippen molar-refractivity contribution in [3.05, 3.63) is 42.0 Å². The van der Waals surface area contributed by atoms with Crippen LogP contribution in [0.4, 0.5) is 0 Å². The summed E-state index contributed by atoms with van der Waals surface area (Å²) in [6, 6.07) is 8.57. The molecule has 1 aromatic rings. The SMILES string of the molecule is C=C(C)[C@H]1CC(=O)[C@H](C)[C@@H](Sc2ccc(C)cc2)C1. The molecule has 2 rings (SSSR count). The molecule has 1 aliphatic rings. The van der Waals surface area contributed by atoms with Crippen LogP contribution in [0.2, 0.25) is 0 Å². The van der Waals surface area contributed by atoms with Crippen LogP contribution in [0.25, 0.3) is 0 Å². The number of Topliss-reactive ketones (excluding diaryl/α,β-unsaturated/α-hetero) is 1. The number of carbonyl (C=O) groups excluding carboxylic acids is 1. The van der Waals surface area contributed by atoms with Crippen LogP contribution in [-0.4, -0.2) is 11.0 Å². The van der Waals surface area contributed by atoms with Crippen LogP contribution in [0.1, 0.15) is 32.3 Å². The van der Waals surface area contributed by atoms with Gasteiger partial charge in [-0.1, -0.05) is 36.8 Å². The van der Waals surface area contributed by atoms with Crippen molar-refractivity contribution >= 4 is 17.5 Å². The van der Waals surface area contributed by atoms with Crippen LogP contribution in [0, 0.1) is 18.8 Å².